The van der Waals surface area contributed by atoms with Crippen LogP contribution in [0.2, 0.25) is 14.3 Å². The van der Waals surface area contributed by atoms with Gasteiger partial charge in [0, 0.05) is 0 Å². The highest BCUT2D eigenvalue weighted by Gasteiger charge is 2.34. The summed E-state index contributed by atoms with van der Waals surface area (Å²) in [6.45, 7) is 22.1. The van der Waals surface area contributed by atoms with Crippen LogP contribution in [0.15, 0.2) is 0 Å². The zero-order valence-corrected chi connectivity index (χ0v) is 18.4. The van der Waals surface area contributed by atoms with Gasteiger partial charge in [-0.05, 0) is 17.8 Å². The molecule has 0 N–H and O–H groups in total. The van der Waals surface area contributed by atoms with Crippen LogP contribution in [0.1, 0.15) is 101 Å². The van der Waals surface area contributed by atoms with Gasteiger partial charge in [-0.25, -0.2) is 0 Å². The molecule has 0 aromatic carbocycles. The van der Waals surface area contributed by atoms with Crippen LogP contribution in [0.25, 0.3) is 0 Å². The van der Waals surface area contributed by atoms with Crippen LogP contribution in [0.3, 0.4) is 0 Å². The molecular formula is C21H45Al. The number of hydrogen-bond donors (Lipinski definition) is 0. The van der Waals surface area contributed by atoms with Gasteiger partial charge >= 0.3 is 0 Å². The van der Waals surface area contributed by atoms with E-state index in [2.05, 4.69) is 62.3 Å². The molecule has 3 unspecified atom stereocenters. The average molecular weight is 325 g/mol. The summed E-state index contributed by atoms with van der Waals surface area (Å²) in [5.74, 6) is 2.61. The van der Waals surface area contributed by atoms with Crippen molar-refractivity contribution in [3.8, 4) is 0 Å². The first-order valence-electron chi connectivity index (χ1n) is 10.1. The van der Waals surface area contributed by atoms with E-state index in [1.807, 2.05) is 0 Å². The van der Waals surface area contributed by atoms with Gasteiger partial charge in [0.15, 0.2) is 0 Å². The van der Waals surface area contributed by atoms with Gasteiger partial charge in [0.2, 0.25) is 0 Å². The van der Waals surface area contributed by atoms with Crippen LogP contribution in [-0.2, 0) is 0 Å². The van der Waals surface area contributed by atoms with Gasteiger partial charge in [0.1, 0.15) is 0 Å². The molecule has 0 amide bonds. The maximum absolute atomic E-state index is 2.59. The normalized spacial score (nSPS) is 16.4. The molecule has 0 aliphatic carbocycles. The molecule has 0 aromatic rings. The van der Waals surface area contributed by atoms with Crippen molar-refractivity contribution in [2.75, 3.05) is 0 Å². The fraction of sp³-hybridized carbons (Fsp3) is 1.00. The maximum Gasteiger partial charge on any atom is 0.271 e. The Kier molecular flexibility index (Phi) is 12.3. The minimum absolute atomic E-state index is 0.693. The first kappa shape index (κ1) is 22.5. The van der Waals surface area contributed by atoms with Crippen molar-refractivity contribution >= 4 is 14.1 Å². The SMILES string of the molecule is CC(C)CC[CH](C)[Al]([CH](C)CCC(C)C)[CH](C)CCC(C)C. The molecule has 0 radical (unpaired) electrons. The van der Waals surface area contributed by atoms with E-state index in [0.717, 1.165) is 32.1 Å². The summed E-state index contributed by atoms with van der Waals surface area (Å²) in [6.07, 6.45) is 8.72. The van der Waals surface area contributed by atoms with E-state index < -0.39 is 14.1 Å². The zero-order chi connectivity index (χ0) is 17.3. The molecule has 0 bridgehead atoms. The first-order valence-corrected chi connectivity index (χ1v) is 12.1. The minimum atomic E-state index is -0.693. The lowest BCUT2D eigenvalue weighted by Gasteiger charge is -2.31. The summed E-state index contributed by atoms with van der Waals surface area (Å²) in [5.41, 5.74) is 0. The summed E-state index contributed by atoms with van der Waals surface area (Å²) in [7, 11) is 0. The third-order valence-electron chi connectivity index (χ3n) is 5.57. The molecular weight excluding hydrogens is 279 g/mol. The Bertz CT molecular complexity index is 214. The van der Waals surface area contributed by atoms with Crippen molar-refractivity contribution in [1.82, 2.24) is 0 Å². The molecule has 0 nitrogen and oxygen atoms in total. The Morgan fingerprint density at radius 2 is 0.636 bits per heavy atom. The minimum Gasteiger partial charge on any atom is -0.0844 e. The predicted molar refractivity (Wildman–Crippen MR) is 106 cm³/mol. The van der Waals surface area contributed by atoms with Crippen molar-refractivity contribution in [3.05, 3.63) is 0 Å². The lowest BCUT2D eigenvalue weighted by atomic mass is 10.1. The Balaban J connectivity index is 4.71. The van der Waals surface area contributed by atoms with Crippen LogP contribution in [0.4, 0.5) is 0 Å². The van der Waals surface area contributed by atoms with E-state index in [4.69, 9.17) is 0 Å². The van der Waals surface area contributed by atoms with Gasteiger partial charge < -0.3 is 0 Å². The summed E-state index contributed by atoms with van der Waals surface area (Å²) >= 11 is -0.693. The molecule has 0 aromatic heterocycles. The molecule has 0 aliphatic rings. The second-order valence-corrected chi connectivity index (χ2v) is 14.0. The van der Waals surface area contributed by atoms with Gasteiger partial charge in [0.05, 0.1) is 0 Å². The molecule has 0 saturated carbocycles. The highest BCUT2D eigenvalue weighted by atomic mass is 27.2. The molecule has 0 aliphatic heterocycles. The summed E-state index contributed by atoms with van der Waals surface area (Å²) in [5, 5.41) is 0. The van der Waals surface area contributed by atoms with Crippen LogP contribution < -0.4 is 0 Å². The van der Waals surface area contributed by atoms with Crippen molar-refractivity contribution in [3.63, 3.8) is 0 Å². The zero-order valence-electron chi connectivity index (χ0n) is 17.3. The Morgan fingerprint density at radius 3 is 0.818 bits per heavy atom. The molecule has 0 rings (SSSR count). The molecule has 0 fully saturated rings. The third-order valence-corrected chi connectivity index (χ3v) is 10.5. The van der Waals surface area contributed by atoms with E-state index in [9.17, 15) is 0 Å². The monoisotopic (exact) mass is 324 g/mol. The van der Waals surface area contributed by atoms with Crippen molar-refractivity contribution in [2.24, 2.45) is 17.8 Å². The Morgan fingerprint density at radius 1 is 0.409 bits per heavy atom. The topological polar surface area (TPSA) is 0 Å². The van der Waals surface area contributed by atoms with Crippen LogP contribution in [-0.4, -0.2) is 14.1 Å². The number of hydrogen-bond acceptors (Lipinski definition) is 0. The number of rotatable bonds is 12. The lowest BCUT2D eigenvalue weighted by Crippen LogP contribution is -2.29. The van der Waals surface area contributed by atoms with Gasteiger partial charge in [-0.2, -0.15) is 0 Å². The fourth-order valence-electron chi connectivity index (χ4n) is 4.05. The van der Waals surface area contributed by atoms with Gasteiger partial charge in [-0.15, -0.1) is 0 Å². The van der Waals surface area contributed by atoms with Gasteiger partial charge in [-0.3, -0.25) is 0 Å². The second kappa shape index (κ2) is 12.0. The van der Waals surface area contributed by atoms with Crippen molar-refractivity contribution < 1.29 is 0 Å². The maximum atomic E-state index is 2.59. The fourth-order valence-corrected chi connectivity index (χ4v) is 9.15. The summed E-state index contributed by atoms with van der Waals surface area (Å²) < 4.78 is 3.06. The van der Waals surface area contributed by atoms with Crippen molar-refractivity contribution in [2.45, 2.75) is 115 Å². The van der Waals surface area contributed by atoms with Crippen LogP contribution in [0, 0.1) is 17.8 Å². The predicted octanol–water partition coefficient (Wildman–Crippen LogP) is 7.96. The first-order chi connectivity index (χ1) is 10.1. The van der Waals surface area contributed by atoms with Crippen LogP contribution >= 0.6 is 0 Å². The molecule has 0 saturated heterocycles. The smallest absolute Gasteiger partial charge is 0.0844 e. The van der Waals surface area contributed by atoms with E-state index in [1.54, 1.807) is 0 Å². The molecule has 3 atom stereocenters. The molecule has 0 heterocycles. The Labute approximate surface area is 147 Å². The molecule has 132 valence electrons. The second-order valence-electron chi connectivity index (χ2n) is 9.42. The van der Waals surface area contributed by atoms with Gasteiger partial charge in [-0.1, -0.05) is 115 Å². The molecule has 22 heavy (non-hydrogen) atoms. The highest BCUT2D eigenvalue weighted by Crippen LogP contribution is 2.39. The van der Waals surface area contributed by atoms with Crippen LogP contribution in [0.5, 0.6) is 0 Å². The van der Waals surface area contributed by atoms with Crippen molar-refractivity contribution in [1.29, 1.82) is 0 Å². The largest absolute Gasteiger partial charge is 0.271 e. The third kappa shape index (κ3) is 10.3. The molecule has 0 spiro atoms. The van der Waals surface area contributed by atoms with Gasteiger partial charge in [0.25, 0.3) is 14.1 Å². The Hall–Kier alpha value is 0.532. The van der Waals surface area contributed by atoms with E-state index >= 15 is 0 Å². The average Bonchev–Trinajstić information content (AvgIpc) is 2.40. The summed E-state index contributed by atoms with van der Waals surface area (Å²) in [4.78, 5) is 0. The van der Waals surface area contributed by atoms with E-state index in [1.165, 1.54) is 38.5 Å². The highest BCUT2D eigenvalue weighted by molar-refractivity contribution is 6.63. The van der Waals surface area contributed by atoms with E-state index in [0.29, 0.717) is 0 Å². The standard InChI is InChI=1S/3C7H15.Al/c3*1-4-5-6-7(2)3;/h3*4,7H,5-6H2,1-3H3;. The lowest BCUT2D eigenvalue weighted by molar-refractivity contribution is 0.509. The summed E-state index contributed by atoms with van der Waals surface area (Å²) in [6, 6.07) is 0. The van der Waals surface area contributed by atoms with E-state index in [-0.39, 0.29) is 0 Å². The molecule has 1 heteroatoms. The quantitative estimate of drug-likeness (QED) is 0.319.